The Bertz CT molecular complexity index is 3060. The van der Waals surface area contributed by atoms with Crippen LogP contribution in [-0.4, -0.2) is 0 Å². The number of para-hydroxylation sites is 2. The van der Waals surface area contributed by atoms with Gasteiger partial charge in [0.05, 0.1) is 0 Å². The molecule has 0 aliphatic heterocycles. The van der Waals surface area contributed by atoms with E-state index >= 15 is 0 Å². The second kappa shape index (κ2) is 16.9. The average Bonchev–Trinajstić information content (AvgIpc) is 3.31. The fourth-order valence-corrected chi connectivity index (χ4v) is 9.95. The van der Waals surface area contributed by atoms with Crippen LogP contribution in [0.4, 0.5) is 34.1 Å². The zero-order valence-electron chi connectivity index (χ0n) is 37.5. The predicted octanol–water partition coefficient (Wildman–Crippen LogP) is 17.8. The first kappa shape index (κ1) is 40.4. The molecule has 0 amide bonds. The SMILES string of the molecule is Cc1ccccc1N(c1ccc(-c2cccc3ccccc23)cc1)c1cc(C)c(-c2c(C)cc(N(c3ccc(-c4cccc5ccccc45)cc3)c3ccccc3C)cc2C)c(C)c1. The van der Waals surface area contributed by atoms with E-state index in [1.54, 1.807) is 0 Å². The Morgan fingerprint density at radius 1 is 0.266 bits per heavy atom. The summed E-state index contributed by atoms with van der Waals surface area (Å²) < 4.78 is 0. The minimum Gasteiger partial charge on any atom is -0.310 e. The molecule has 0 bridgehead atoms. The van der Waals surface area contributed by atoms with E-state index in [0.29, 0.717) is 0 Å². The minimum absolute atomic E-state index is 1.13. The topological polar surface area (TPSA) is 6.48 Å². The quantitative estimate of drug-likeness (QED) is 0.143. The highest BCUT2D eigenvalue weighted by atomic mass is 15.1. The Kier molecular flexibility index (Phi) is 10.7. The van der Waals surface area contributed by atoms with Crippen LogP contribution in [0, 0.1) is 41.5 Å². The first-order valence-electron chi connectivity index (χ1n) is 22.3. The minimum atomic E-state index is 1.13. The van der Waals surface area contributed by atoms with E-state index in [9.17, 15) is 0 Å². The molecule has 0 saturated heterocycles. The number of hydrogen-bond acceptors (Lipinski definition) is 2. The molecule has 0 spiro atoms. The zero-order valence-corrected chi connectivity index (χ0v) is 37.5. The number of nitrogens with zero attached hydrogens (tertiary/aromatic N) is 2. The standard InChI is InChI=1S/C62H52N2/c1-41-17-7-13-27-59(41)63(51-33-29-49(30-34-51)57-25-15-21-47-19-9-11-23-55(47)57)53-37-43(3)61(44(4)38-53)62-45(5)39-54(40-46(62)6)64(60-28-14-8-18-42(60)2)52-35-31-50(32-36-52)58-26-16-22-48-20-10-12-24-56(48)58/h7-40H,1-6H3. The second-order valence-corrected chi connectivity index (χ2v) is 17.3. The van der Waals surface area contributed by atoms with Gasteiger partial charge in [-0.25, -0.2) is 0 Å². The first-order valence-corrected chi connectivity index (χ1v) is 22.3. The summed E-state index contributed by atoms with van der Waals surface area (Å²) in [6.07, 6.45) is 0. The van der Waals surface area contributed by atoms with E-state index in [1.807, 2.05) is 0 Å². The van der Waals surface area contributed by atoms with Crippen molar-refractivity contribution in [1.82, 2.24) is 0 Å². The van der Waals surface area contributed by atoms with Crippen molar-refractivity contribution in [3.05, 3.63) is 240 Å². The number of aryl methyl sites for hydroxylation is 6. The van der Waals surface area contributed by atoms with Crippen molar-refractivity contribution in [3.63, 3.8) is 0 Å². The first-order chi connectivity index (χ1) is 31.2. The monoisotopic (exact) mass is 824 g/mol. The van der Waals surface area contributed by atoms with E-state index in [-0.39, 0.29) is 0 Å². The Hall–Kier alpha value is -7.68. The van der Waals surface area contributed by atoms with E-state index in [1.165, 1.54) is 99.7 Å². The van der Waals surface area contributed by atoms with Crippen molar-refractivity contribution >= 4 is 55.7 Å². The van der Waals surface area contributed by atoms with Crippen LogP contribution >= 0.6 is 0 Å². The molecule has 64 heavy (non-hydrogen) atoms. The molecule has 0 aliphatic rings. The van der Waals surface area contributed by atoms with Gasteiger partial charge in [0.2, 0.25) is 0 Å². The molecular formula is C62H52N2. The summed E-state index contributed by atoms with van der Waals surface area (Å²) in [4.78, 5) is 4.83. The van der Waals surface area contributed by atoms with Gasteiger partial charge in [-0.1, -0.05) is 146 Å². The Balaban J connectivity index is 1.03. The molecule has 310 valence electrons. The highest BCUT2D eigenvalue weighted by molar-refractivity contribution is 5.98. The Labute approximate surface area is 378 Å². The number of fused-ring (bicyclic) bond motifs is 2. The number of hydrogen-bond donors (Lipinski definition) is 0. The average molecular weight is 825 g/mol. The van der Waals surface area contributed by atoms with Crippen LogP contribution in [0.5, 0.6) is 0 Å². The third-order valence-corrected chi connectivity index (χ3v) is 13.0. The maximum absolute atomic E-state index is 2.42. The summed E-state index contributed by atoms with van der Waals surface area (Å²) >= 11 is 0. The van der Waals surface area contributed by atoms with E-state index in [4.69, 9.17) is 0 Å². The van der Waals surface area contributed by atoms with E-state index in [2.05, 4.69) is 258 Å². The molecule has 10 aromatic carbocycles. The van der Waals surface area contributed by atoms with Crippen LogP contribution in [0.2, 0.25) is 0 Å². The van der Waals surface area contributed by atoms with Crippen LogP contribution < -0.4 is 9.80 Å². The largest absolute Gasteiger partial charge is 0.310 e. The van der Waals surface area contributed by atoms with Crippen LogP contribution in [0.25, 0.3) is 54.9 Å². The van der Waals surface area contributed by atoms with Gasteiger partial charge in [0.15, 0.2) is 0 Å². The van der Waals surface area contributed by atoms with Crippen LogP contribution in [0.3, 0.4) is 0 Å². The van der Waals surface area contributed by atoms with Gasteiger partial charge in [-0.15, -0.1) is 0 Å². The van der Waals surface area contributed by atoms with Gasteiger partial charge in [-0.2, -0.15) is 0 Å². The van der Waals surface area contributed by atoms with Gasteiger partial charge < -0.3 is 9.80 Å². The molecule has 10 rings (SSSR count). The molecule has 0 saturated carbocycles. The lowest BCUT2D eigenvalue weighted by Crippen LogP contribution is -2.13. The van der Waals surface area contributed by atoms with E-state index < -0.39 is 0 Å². The third-order valence-electron chi connectivity index (χ3n) is 13.0. The maximum atomic E-state index is 2.42. The third kappa shape index (κ3) is 7.41. The molecule has 0 aliphatic carbocycles. The summed E-state index contributed by atoms with van der Waals surface area (Å²) in [5.41, 5.74) is 21.8. The lowest BCUT2D eigenvalue weighted by atomic mass is 9.88. The van der Waals surface area contributed by atoms with Crippen LogP contribution in [0.1, 0.15) is 33.4 Å². The fraction of sp³-hybridized carbons (Fsp3) is 0.0968. The smallest absolute Gasteiger partial charge is 0.0490 e. The zero-order chi connectivity index (χ0) is 43.9. The van der Waals surface area contributed by atoms with Gasteiger partial charge in [-0.3, -0.25) is 0 Å². The molecule has 0 atom stereocenters. The van der Waals surface area contributed by atoms with Crippen molar-refractivity contribution < 1.29 is 0 Å². The van der Waals surface area contributed by atoms with Crippen LogP contribution in [0.15, 0.2) is 206 Å². The fourth-order valence-electron chi connectivity index (χ4n) is 9.95. The number of benzene rings is 10. The Morgan fingerprint density at radius 3 is 0.969 bits per heavy atom. The molecule has 10 aromatic rings. The maximum Gasteiger partial charge on any atom is 0.0490 e. The highest BCUT2D eigenvalue weighted by Gasteiger charge is 2.22. The summed E-state index contributed by atoms with van der Waals surface area (Å²) in [6, 6.07) is 75.4. The van der Waals surface area contributed by atoms with Gasteiger partial charge >= 0.3 is 0 Å². The second-order valence-electron chi connectivity index (χ2n) is 17.3. The van der Waals surface area contributed by atoms with Gasteiger partial charge in [-0.05, 0) is 191 Å². The van der Waals surface area contributed by atoms with Gasteiger partial charge in [0, 0.05) is 34.1 Å². The molecule has 0 radical (unpaired) electrons. The molecule has 0 unspecified atom stereocenters. The summed E-state index contributed by atoms with van der Waals surface area (Å²) in [5.74, 6) is 0. The molecule has 0 heterocycles. The lowest BCUT2D eigenvalue weighted by molar-refractivity contribution is 1.22. The van der Waals surface area contributed by atoms with Crippen molar-refractivity contribution in [3.8, 4) is 33.4 Å². The molecule has 0 fully saturated rings. The van der Waals surface area contributed by atoms with Gasteiger partial charge in [0.25, 0.3) is 0 Å². The Morgan fingerprint density at radius 2 is 0.594 bits per heavy atom. The van der Waals surface area contributed by atoms with Crippen molar-refractivity contribution in [1.29, 1.82) is 0 Å². The normalized spacial score (nSPS) is 11.3. The van der Waals surface area contributed by atoms with Crippen molar-refractivity contribution in [2.75, 3.05) is 9.80 Å². The van der Waals surface area contributed by atoms with Gasteiger partial charge in [0.1, 0.15) is 0 Å². The summed E-state index contributed by atoms with van der Waals surface area (Å²) in [5, 5.41) is 5.04. The molecular weight excluding hydrogens is 773 g/mol. The number of rotatable bonds is 9. The molecule has 2 nitrogen and oxygen atoms in total. The molecule has 0 aromatic heterocycles. The molecule has 0 N–H and O–H groups in total. The number of anilines is 6. The van der Waals surface area contributed by atoms with E-state index in [0.717, 1.165) is 22.7 Å². The van der Waals surface area contributed by atoms with Crippen LogP contribution in [-0.2, 0) is 0 Å². The summed E-state index contributed by atoms with van der Waals surface area (Å²) in [7, 11) is 0. The van der Waals surface area contributed by atoms with Crippen molar-refractivity contribution in [2.24, 2.45) is 0 Å². The highest BCUT2D eigenvalue weighted by Crippen LogP contribution is 2.45. The summed E-state index contributed by atoms with van der Waals surface area (Å²) in [6.45, 7) is 13.5. The van der Waals surface area contributed by atoms with Crippen molar-refractivity contribution in [2.45, 2.75) is 41.5 Å². The lowest BCUT2D eigenvalue weighted by Gasteiger charge is -2.30. The molecule has 2 heteroatoms. The predicted molar refractivity (Wildman–Crippen MR) is 276 cm³/mol.